The zero-order valence-corrected chi connectivity index (χ0v) is 13.0. The molecule has 5 nitrogen and oxygen atoms in total. The van der Waals surface area contributed by atoms with Gasteiger partial charge in [0.1, 0.15) is 10.9 Å². The zero-order valence-electron chi connectivity index (χ0n) is 12.1. The first kappa shape index (κ1) is 18.4. The highest BCUT2D eigenvalue weighted by atomic mass is 32.2. The summed E-state index contributed by atoms with van der Waals surface area (Å²) in [6.07, 6.45) is -5.74. The Morgan fingerprint density at radius 1 is 1.27 bits per heavy atom. The number of hydrogen-bond acceptors (Lipinski definition) is 4. The molecule has 124 valence electrons. The molecule has 0 bridgehead atoms. The summed E-state index contributed by atoms with van der Waals surface area (Å²) in [6.45, 7) is 3.81. The van der Waals surface area contributed by atoms with E-state index in [0.717, 1.165) is 18.2 Å². The van der Waals surface area contributed by atoms with Crippen LogP contribution in [0.4, 0.5) is 13.2 Å². The van der Waals surface area contributed by atoms with Crippen LogP contribution in [-0.2, 0) is 20.9 Å². The van der Waals surface area contributed by atoms with E-state index in [-0.39, 0.29) is 5.56 Å². The average Bonchev–Trinajstić information content (AvgIpc) is 2.36. The molecule has 2 N–H and O–H groups in total. The van der Waals surface area contributed by atoms with Gasteiger partial charge in [0.15, 0.2) is 0 Å². The van der Waals surface area contributed by atoms with Crippen LogP contribution >= 0.6 is 0 Å². The highest BCUT2D eigenvalue weighted by Crippen LogP contribution is 2.30. The number of alkyl halides is 3. The van der Waals surface area contributed by atoms with E-state index in [1.165, 1.54) is 20.8 Å². The summed E-state index contributed by atoms with van der Waals surface area (Å²) >= 11 is 0. The molecular formula is C13H16F3NO4S. The fraction of sp³-hybridized carbons (Fsp3) is 0.462. The predicted molar refractivity (Wildman–Crippen MR) is 73.5 cm³/mol. The van der Waals surface area contributed by atoms with Crippen LogP contribution in [0.3, 0.4) is 0 Å². The van der Waals surface area contributed by atoms with Crippen LogP contribution in [0, 0.1) is 0 Å². The maximum absolute atomic E-state index is 12.6. The van der Waals surface area contributed by atoms with Crippen LogP contribution in [-0.4, -0.2) is 25.2 Å². The van der Waals surface area contributed by atoms with Crippen LogP contribution in [0.2, 0.25) is 0 Å². The summed E-state index contributed by atoms with van der Waals surface area (Å²) in [4.78, 5) is 11.9. The maximum atomic E-state index is 12.6. The second kappa shape index (κ2) is 5.88. The van der Waals surface area contributed by atoms with Crippen molar-refractivity contribution >= 4 is 16.0 Å². The Hall–Kier alpha value is -1.61. The van der Waals surface area contributed by atoms with Crippen molar-refractivity contribution in [3.05, 3.63) is 35.4 Å². The Kier molecular flexibility index (Phi) is 4.93. The molecular weight excluding hydrogens is 323 g/mol. The summed E-state index contributed by atoms with van der Waals surface area (Å²) in [6, 6.07) is 3.66. The standard InChI is InChI=1S/C13H16F3NO4S/c1-8(12(2,3)22(17,19)20)21-11(18)9-5-4-6-10(7-9)13(14,15)16/h4-8H,1-3H3,(H2,17,19,20). The van der Waals surface area contributed by atoms with E-state index in [1.54, 1.807) is 0 Å². The molecule has 1 aromatic carbocycles. The van der Waals surface area contributed by atoms with Crippen molar-refractivity contribution in [1.29, 1.82) is 0 Å². The Balaban J connectivity index is 3.00. The number of nitrogens with two attached hydrogens (primary N) is 1. The minimum Gasteiger partial charge on any atom is -0.457 e. The first-order valence-corrected chi connectivity index (χ1v) is 7.72. The van der Waals surface area contributed by atoms with Gasteiger partial charge in [0.2, 0.25) is 10.0 Å². The molecule has 0 saturated heterocycles. The third-order valence-corrected chi connectivity index (χ3v) is 5.22. The number of carbonyl (C=O) groups excluding carboxylic acids is 1. The van der Waals surface area contributed by atoms with Gasteiger partial charge in [0.25, 0.3) is 0 Å². The lowest BCUT2D eigenvalue weighted by Gasteiger charge is -2.28. The minimum atomic E-state index is -4.60. The highest BCUT2D eigenvalue weighted by Gasteiger charge is 2.40. The van der Waals surface area contributed by atoms with E-state index in [1.807, 2.05) is 0 Å². The molecule has 0 aliphatic carbocycles. The molecule has 1 aromatic rings. The number of esters is 1. The topological polar surface area (TPSA) is 86.5 Å². The lowest BCUT2D eigenvalue weighted by Crippen LogP contribution is -2.48. The molecule has 0 fully saturated rings. The van der Waals surface area contributed by atoms with Crippen molar-refractivity contribution in [2.24, 2.45) is 5.14 Å². The second-order valence-corrected chi connectivity index (χ2v) is 7.42. The third-order valence-electron chi connectivity index (χ3n) is 3.42. The number of rotatable bonds is 4. The third kappa shape index (κ3) is 3.98. The summed E-state index contributed by atoms with van der Waals surface area (Å²) in [5.74, 6) is -1.06. The first-order valence-electron chi connectivity index (χ1n) is 6.17. The average molecular weight is 339 g/mol. The molecule has 0 amide bonds. The Morgan fingerprint density at radius 3 is 2.27 bits per heavy atom. The quantitative estimate of drug-likeness (QED) is 0.853. The second-order valence-electron chi connectivity index (χ2n) is 5.27. The van der Waals surface area contributed by atoms with Gasteiger partial charge in [0.05, 0.1) is 11.1 Å². The van der Waals surface area contributed by atoms with Crippen molar-refractivity contribution in [2.75, 3.05) is 0 Å². The fourth-order valence-electron chi connectivity index (χ4n) is 1.42. The van der Waals surface area contributed by atoms with Gasteiger partial charge in [-0.25, -0.2) is 18.4 Å². The molecule has 1 unspecified atom stereocenters. The molecule has 0 heterocycles. The molecule has 0 aliphatic heterocycles. The monoisotopic (exact) mass is 339 g/mol. The number of sulfonamides is 1. The SMILES string of the molecule is CC(OC(=O)c1cccc(C(F)(F)F)c1)C(C)(C)S(N)(=O)=O. The number of halogens is 3. The Bertz CT molecular complexity index is 668. The van der Waals surface area contributed by atoms with E-state index in [0.29, 0.717) is 6.07 Å². The summed E-state index contributed by atoms with van der Waals surface area (Å²) < 4.78 is 64.0. The Morgan fingerprint density at radius 2 is 1.82 bits per heavy atom. The molecule has 0 aromatic heterocycles. The number of benzene rings is 1. The summed E-state index contributed by atoms with van der Waals surface area (Å²) in [7, 11) is -4.02. The van der Waals surface area contributed by atoms with E-state index in [4.69, 9.17) is 9.88 Å². The molecule has 0 spiro atoms. The van der Waals surface area contributed by atoms with E-state index >= 15 is 0 Å². The smallest absolute Gasteiger partial charge is 0.416 e. The van der Waals surface area contributed by atoms with Crippen LogP contribution in [0.15, 0.2) is 24.3 Å². The Labute approximate surface area is 126 Å². The van der Waals surface area contributed by atoms with Gasteiger partial charge in [-0.05, 0) is 39.0 Å². The summed E-state index contributed by atoms with van der Waals surface area (Å²) in [5, 5.41) is 5.04. The van der Waals surface area contributed by atoms with Gasteiger partial charge in [0, 0.05) is 0 Å². The summed E-state index contributed by atoms with van der Waals surface area (Å²) in [5.41, 5.74) is -1.33. The molecule has 22 heavy (non-hydrogen) atoms. The van der Waals surface area contributed by atoms with Crippen LogP contribution in [0.1, 0.15) is 36.7 Å². The lowest BCUT2D eigenvalue weighted by molar-refractivity contribution is -0.137. The number of hydrogen-bond donors (Lipinski definition) is 1. The van der Waals surface area contributed by atoms with Crippen LogP contribution in [0.25, 0.3) is 0 Å². The van der Waals surface area contributed by atoms with Gasteiger partial charge in [-0.3, -0.25) is 0 Å². The van der Waals surface area contributed by atoms with Gasteiger partial charge in [-0.2, -0.15) is 13.2 Å². The number of carbonyl (C=O) groups is 1. The fourth-order valence-corrected chi connectivity index (χ4v) is 1.94. The van der Waals surface area contributed by atoms with E-state index in [2.05, 4.69) is 0 Å². The predicted octanol–water partition coefficient (Wildman–Crippen LogP) is 2.32. The van der Waals surface area contributed by atoms with Gasteiger partial charge in [-0.1, -0.05) is 6.07 Å². The maximum Gasteiger partial charge on any atom is 0.416 e. The van der Waals surface area contributed by atoms with Gasteiger partial charge < -0.3 is 4.74 Å². The molecule has 1 rings (SSSR count). The van der Waals surface area contributed by atoms with Crippen LogP contribution < -0.4 is 5.14 Å². The first-order chi connectivity index (χ1) is 9.76. The number of primary sulfonamides is 1. The van der Waals surface area contributed by atoms with Crippen molar-refractivity contribution < 1.29 is 31.1 Å². The normalized spacial score (nSPS) is 14.5. The van der Waals surface area contributed by atoms with Crippen LogP contribution in [0.5, 0.6) is 0 Å². The molecule has 0 saturated carbocycles. The van der Waals surface area contributed by atoms with Crippen molar-refractivity contribution in [3.8, 4) is 0 Å². The molecule has 1 atom stereocenters. The largest absolute Gasteiger partial charge is 0.457 e. The molecule has 0 radical (unpaired) electrons. The van der Waals surface area contributed by atoms with E-state index in [9.17, 15) is 26.4 Å². The van der Waals surface area contributed by atoms with Crippen molar-refractivity contribution in [2.45, 2.75) is 37.8 Å². The molecule has 9 heteroatoms. The molecule has 0 aliphatic rings. The van der Waals surface area contributed by atoms with Gasteiger partial charge >= 0.3 is 12.1 Å². The highest BCUT2D eigenvalue weighted by molar-refractivity contribution is 7.90. The lowest BCUT2D eigenvalue weighted by atomic mass is 10.1. The minimum absolute atomic E-state index is 0.327. The number of ether oxygens (including phenoxy) is 1. The van der Waals surface area contributed by atoms with Crippen molar-refractivity contribution in [3.63, 3.8) is 0 Å². The van der Waals surface area contributed by atoms with Gasteiger partial charge in [-0.15, -0.1) is 0 Å². The zero-order chi connectivity index (χ0) is 17.3. The van der Waals surface area contributed by atoms with E-state index < -0.39 is 38.6 Å². The van der Waals surface area contributed by atoms with Crippen molar-refractivity contribution in [1.82, 2.24) is 0 Å².